The summed E-state index contributed by atoms with van der Waals surface area (Å²) >= 11 is 0. The van der Waals surface area contributed by atoms with E-state index in [0.717, 1.165) is 0 Å². The third-order valence-corrected chi connectivity index (χ3v) is 3.39. The summed E-state index contributed by atoms with van der Waals surface area (Å²) in [6.07, 6.45) is 2.97. The maximum absolute atomic E-state index is 12.1. The van der Waals surface area contributed by atoms with E-state index < -0.39 is 12.0 Å². The number of amides is 1. The van der Waals surface area contributed by atoms with Crippen LogP contribution in [-0.2, 0) is 16.1 Å². The van der Waals surface area contributed by atoms with Crippen molar-refractivity contribution >= 4 is 11.9 Å². The number of hydrogen-bond acceptors (Lipinski definition) is 5. The van der Waals surface area contributed by atoms with Gasteiger partial charge in [-0.3, -0.25) is 14.3 Å². The third kappa shape index (κ3) is 4.48. The summed E-state index contributed by atoms with van der Waals surface area (Å²) < 4.78 is 11.8. The van der Waals surface area contributed by atoms with Crippen molar-refractivity contribution in [2.24, 2.45) is 0 Å². The maximum Gasteiger partial charge on any atom is 0.305 e. The summed E-state index contributed by atoms with van der Waals surface area (Å²) in [6.45, 7) is 0.0103. The lowest BCUT2D eigenvalue weighted by molar-refractivity contribution is -0.137. The van der Waals surface area contributed by atoms with Gasteiger partial charge >= 0.3 is 5.97 Å². The van der Waals surface area contributed by atoms with Crippen LogP contribution in [0.5, 0.6) is 11.5 Å². The van der Waals surface area contributed by atoms with Gasteiger partial charge in [-0.2, -0.15) is 5.10 Å². The van der Waals surface area contributed by atoms with Crippen LogP contribution in [0.2, 0.25) is 0 Å². The van der Waals surface area contributed by atoms with Gasteiger partial charge in [-0.25, -0.2) is 0 Å². The van der Waals surface area contributed by atoms with Crippen LogP contribution in [0.15, 0.2) is 36.7 Å². The summed E-state index contributed by atoms with van der Waals surface area (Å²) in [6, 6.07) is 6.04. The molecule has 2 N–H and O–H groups in total. The molecule has 0 saturated carbocycles. The number of nitrogens with one attached hydrogen (secondary N) is 1. The maximum atomic E-state index is 12.1. The molecule has 0 radical (unpaired) electrons. The van der Waals surface area contributed by atoms with E-state index in [2.05, 4.69) is 10.4 Å². The first kappa shape index (κ1) is 17.3. The zero-order valence-electron chi connectivity index (χ0n) is 13.4. The molecule has 128 valence electrons. The average molecular weight is 333 g/mol. The molecule has 0 aliphatic carbocycles. The molecular weight excluding hydrogens is 314 g/mol. The fourth-order valence-corrected chi connectivity index (χ4v) is 2.28. The number of carbonyl (C=O) groups excluding carboxylic acids is 1. The van der Waals surface area contributed by atoms with Crippen LogP contribution < -0.4 is 14.8 Å². The lowest BCUT2D eigenvalue weighted by Gasteiger charge is -2.19. The van der Waals surface area contributed by atoms with Gasteiger partial charge in [-0.15, -0.1) is 0 Å². The number of aromatic nitrogens is 2. The molecule has 24 heavy (non-hydrogen) atoms. The molecule has 1 aromatic carbocycles. The molecular formula is C16H19N3O5. The fraction of sp³-hybridized carbons (Fsp3) is 0.312. The molecule has 0 aliphatic rings. The van der Waals surface area contributed by atoms with Crippen molar-refractivity contribution in [2.75, 3.05) is 14.2 Å². The molecule has 2 rings (SSSR count). The summed E-state index contributed by atoms with van der Waals surface area (Å²) in [5.74, 6) is -0.362. The molecule has 1 unspecified atom stereocenters. The number of methoxy groups -OCH3 is 2. The first-order chi connectivity index (χ1) is 11.5. The van der Waals surface area contributed by atoms with E-state index >= 15 is 0 Å². The topological polar surface area (TPSA) is 103 Å². The van der Waals surface area contributed by atoms with Crippen LogP contribution in [0.1, 0.15) is 18.0 Å². The van der Waals surface area contributed by atoms with Crippen LogP contribution >= 0.6 is 0 Å². The van der Waals surface area contributed by atoms with Crippen molar-refractivity contribution in [3.8, 4) is 11.5 Å². The second kappa shape index (κ2) is 8.00. The lowest BCUT2D eigenvalue weighted by atomic mass is 10.0. The monoisotopic (exact) mass is 333 g/mol. The van der Waals surface area contributed by atoms with Crippen molar-refractivity contribution in [3.63, 3.8) is 0 Å². The smallest absolute Gasteiger partial charge is 0.305 e. The number of nitrogens with zero attached hydrogens (tertiary/aromatic N) is 2. The van der Waals surface area contributed by atoms with Crippen molar-refractivity contribution in [1.29, 1.82) is 0 Å². The summed E-state index contributed by atoms with van der Waals surface area (Å²) in [7, 11) is 3.00. The van der Waals surface area contributed by atoms with Gasteiger partial charge < -0.3 is 19.9 Å². The second-order valence-electron chi connectivity index (χ2n) is 5.04. The molecule has 1 heterocycles. The largest absolute Gasteiger partial charge is 0.493 e. The molecule has 0 spiro atoms. The van der Waals surface area contributed by atoms with E-state index in [-0.39, 0.29) is 18.9 Å². The van der Waals surface area contributed by atoms with E-state index in [1.165, 1.54) is 18.9 Å². The number of carbonyl (C=O) groups is 2. The molecule has 1 aromatic heterocycles. The highest BCUT2D eigenvalue weighted by molar-refractivity contribution is 5.77. The molecule has 1 atom stereocenters. The zero-order chi connectivity index (χ0) is 17.5. The molecule has 0 bridgehead atoms. The molecule has 0 saturated heterocycles. The van der Waals surface area contributed by atoms with Crippen LogP contribution in [0.4, 0.5) is 0 Å². The Bertz CT molecular complexity index is 700. The average Bonchev–Trinajstić information content (AvgIpc) is 3.05. The number of hydrogen-bond donors (Lipinski definition) is 2. The molecule has 8 nitrogen and oxygen atoms in total. The number of ether oxygens (including phenoxy) is 2. The Morgan fingerprint density at radius 3 is 2.62 bits per heavy atom. The van der Waals surface area contributed by atoms with Gasteiger partial charge in [-0.1, -0.05) is 6.07 Å². The first-order valence-corrected chi connectivity index (χ1v) is 7.24. The van der Waals surface area contributed by atoms with Crippen molar-refractivity contribution in [2.45, 2.75) is 19.0 Å². The van der Waals surface area contributed by atoms with Gasteiger partial charge in [0.05, 0.1) is 26.7 Å². The molecule has 0 fully saturated rings. The van der Waals surface area contributed by atoms with Crippen molar-refractivity contribution in [3.05, 3.63) is 42.2 Å². The minimum atomic E-state index is -1.02. The Hall–Kier alpha value is -3.03. The Labute approximate surface area is 139 Å². The molecule has 0 aliphatic heterocycles. The molecule has 2 aromatic rings. The highest BCUT2D eigenvalue weighted by Crippen LogP contribution is 2.30. The zero-order valence-corrected chi connectivity index (χ0v) is 13.4. The molecule has 1 amide bonds. The standard InChI is InChI=1S/C16H19N3O5/c1-23-13-5-4-11(8-14(13)24-2)12(9-16(21)22)18-15(20)10-19-7-3-6-17-19/h3-8,12H,9-10H2,1-2H3,(H,18,20)(H,21,22). The summed E-state index contributed by atoms with van der Waals surface area (Å²) in [5.41, 5.74) is 0.615. The van der Waals surface area contributed by atoms with Crippen LogP contribution in [0.3, 0.4) is 0 Å². The van der Waals surface area contributed by atoms with E-state index in [1.54, 1.807) is 36.7 Å². The Balaban J connectivity index is 2.18. The van der Waals surface area contributed by atoms with Crippen LogP contribution in [-0.4, -0.2) is 41.0 Å². The minimum Gasteiger partial charge on any atom is -0.493 e. The number of benzene rings is 1. The van der Waals surface area contributed by atoms with Crippen LogP contribution in [0, 0.1) is 0 Å². The predicted octanol–water partition coefficient (Wildman–Crippen LogP) is 1.23. The van der Waals surface area contributed by atoms with Crippen LogP contribution in [0.25, 0.3) is 0 Å². The van der Waals surface area contributed by atoms with Gasteiger partial charge in [0.2, 0.25) is 5.91 Å². The van der Waals surface area contributed by atoms with E-state index in [1.807, 2.05) is 0 Å². The van der Waals surface area contributed by atoms with Gasteiger partial charge in [0.1, 0.15) is 6.54 Å². The summed E-state index contributed by atoms with van der Waals surface area (Å²) in [4.78, 5) is 23.3. The Kier molecular flexibility index (Phi) is 5.78. The number of carboxylic acids is 1. The number of carboxylic acid groups (broad SMARTS) is 1. The van der Waals surface area contributed by atoms with Gasteiger partial charge in [-0.05, 0) is 23.8 Å². The van der Waals surface area contributed by atoms with Gasteiger partial charge in [0.25, 0.3) is 0 Å². The van der Waals surface area contributed by atoms with E-state index in [9.17, 15) is 9.59 Å². The quantitative estimate of drug-likeness (QED) is 0.753. The fourth-order valence-electron chi connectivity index (χ4n) is 2.28. The number of aliphatic carboxylic acids is 1. The highest BCUT2D eigenvalue weighted by Gasteiger charge is 2.20. The number of rotatable bonds is 8. The van der Waals surface area contributed by atoms with Gasteiger partial charge in [0.15, 0.2) is 11.5 Å². The van der Waals surface area contributed by atoms with E-state index in [0.29, 0.717) is 17.1 Å². The minimum absolute atomic E-state index is 0.0103. The first-order valence-electron chi connectivity index (χ1n) is 7.24. The third-order valence-electron chi connectivity index (χ3n) is 3.39. The molecule has 8 heteroatoms. The Morgan fingerprint density at radius 2 is 2.04 bits per heavy atom. The van der Waals surface area contributed by atoms with Crippen molar-refractivity contribution < 1.29 is 24.2 Å². The highest BCUT2D eigenvalue weighted by atomic mass is 16.5. The second-order valence-corrected chi connectivity index (χ2v) is 5.04. The summed E-state index contributed by atoms with van der Waals surface area (Å²) in [5, 5.41) is 15.8. The lowest BCUT2D eigenvalue weighted by Crippen LogP contribution is -2.33. The van der Waals surface area contributed by atoms with Crippen molar-refractivity contribution in [1.82, 2.24) is 15.1 Å². The predicted molar refractivity (Wildman–Crippen MR) is 84.9 cm³/mol. The Morgan fingerprint density at radius 1 is 1.29 bits per heavy atom. The van der Waals surface area contributed by atoms with E-state index in [4.69, 9.17) is 14.6 Å². The van der Waals surface area contributed by atoms with Gasteiger partial charge in [0, 0.05) is 12.4 Å². The normalized spacial score (nSPS) is 11.6. The SMILES string of the molecule is COc1ccc(C(CC(=O)O)NC(=O)Cn2cccn2)cc1OC.